The molecule has 0 aromatic carbocycles. The third kappa shape index (κ3) is 2.18. The Hall–Kier alpha value is -3.92. The second kappa shape index (κ2) is 6.44. The largest absolute Gasteiger partial charge is 0.289 e. The lowest BCUT2D eigenvalue weighted by atomic mass is 9.83. The van der Waals surface area contributed by atoms with Gasteiger partial charge in [0.15, 0.2) is 23.1 Å². The van der Waals surface area contributed by atoms with Gasteiger partial charge < -0.3 is 0 Å². The van der Waals surface area contributed by atoms with Crippen molar-refractivity contribution >= 4 is 23.1 Å². The van der Waals surface area contributed by atoms with Crippen molar-refractivity contribution in [2.75, 3.05) is 0 Å². The van der Waals surface area contributed by atoms with Gasteiger partial charge in [0.25, 0.3) is 0 Å². The van der Waals surface area contributed by atoms with Crippen molar-refractivity contribution in [3.05, 3.63) is 113 Å². The molecule has 8 rings (SSSR count). The molecule has 0 N–H and O–H groups in total. The highest BCUT2D eigenvalue weighted by atomic mass is 16.1. The van der Waals surface area contributed by atoms with E-state index in [1.807, 2.05) is 12.2 Å². The maximum atomic E-state index is 13.6. The van der Waals surface area contributed by atoms with E-state index in [2.05, 4.69) is 13.8 Å². The highest BCUT2D eigenvalue weighted by Crippen LogP contribution is 2.57. The van der Waals surface area contributed by atoms with Gasteiger partial charge in [-0.15, -0.1) is 0 Å². The molecular weight excluding hydrogens is 448 g/mol. The van der Waals surface area contributed by atoms with E-state index in [9.17, 15) is 19.2 Å². The summed E-state index contributed by atoms with van der Waals surface area (Å²) in [6.07, 6.45) is 10.9. The Bertz CT molecular complexity index is 1720. The lowest BCUT2D eigenvalue weighted by Crippen LogP contribution is -2.20. The van der Waals surface area contributed by atoms with E-state index in [0.29, 0.717) is 76.7 Å². The molecule has 0 aromatic heterocycles. The number of carbonyl (C=O) groups is 4. The van der Waals surface area contributed by atoms with Gasteiger partial charge in [0.2, 0.25) is 0 Å². The summed E-state index contributed by atoms with van der Waals surface area (Å²) in [5, 5.41) is 0. The summed E-state index contributed by atoms with van der Waals surface area (Å²) in [5.74, 6) is -0.0187. The summed E-state index contributed by atoms with van der Waals surface area (Å²) >= 11 is 0. The Morgan fingerprint density at radius 2 is 0.972 bits per heavy atom. The van der Waals surface area contributed by atoms with Gasteiger partial charge in [-0.3, -0.25) is 19.2 Å². The predicted octanol–water partition coefficient (Wildman–Crippen LogP) is 5.24. The number of allylic oxidation sites excluding steroid dienone is 20. The minimum absolute atomic E-state index is 0.0108. The number of hydrogen-bond donors (Lipinski definition) is 0. The lowest BCUT2D eigenvalue weighted by molar-refractivity contribution is -0.116. The number of ketones is 4. The lowest BCUT2D eigenvalue weighted by Gasteiger charge is -2.18. The van der Waals surface area contributed by atoms with Crippen molar-refractivity contribution in [2.24, 2.45) is 0 Å². The van der Waals surface area contributed by atoms with E-state index < -0.39 is 0 Å². The molecule has 36 heavy (non-hydrogen) atoms. The van der Waals surface area contributed by atoms with E-state index in [-0.39, 0.29) is 23.1 Å². The van der Waals surface area contributed by atoms with Crippen molar-refractivity contribution in [3.8, 4) is 0 Å². The topological polar surface area (TPSA) is 68.3 Å². The van der Waals surface area contributed by atoms with Gasteiger partial charge in [0.05, 0.1) is 0 Å². The molecule has 0 amide bonds. The zero-order valence-electron chi connectivity index (χ0n) is 20.2. The van der Waals surface area contributed by atoms with Gasteiger partial charge in [-0.25, -0.2) is 0 Å². The molecule has 0 atom stereocenters. The summed E-state index contributed by atoms with van der Waals surface area (Å²) in [5.41, 5.74) is 13.5. The molecule has 0 aromatic rings. The molecule has 0 bridgehead atoms. The van der Waals surface area contributed by atoms with Crippen LogP contribution in [0.3, 0.4) is 0 Å². The second-order valence-corrected chi connectivity index (χ2v) is 11.0. The van der Waals surface area contributed by atoms with Gasteiger partial charge in [-0.2, -0.15) is 0 Å². The van der Waals surface area contributed by atoms with Crippen LogP contribution in [-0.4, -0.2) is 23.1 Å². The number of rotatable bonds is 1. The Labute approximate surface area is 208 Å². The van der Waals surface area contributed by atoms with Crippen LogP contribution in [0.15, 0.2) is 113 Å². The monoisotopic (exact) mass is 470 g/mol. The van der Waals surface area contributed by atoms with Crippen molar-refractivity contribution in [1.29, 1.82) is 0 Å². The summed E-state index contributed by atoms with van der Waals surface area (Å²) in [6.45, 7) is 4.16. The average Bonchev–Trinajstić information content (AvgIpc) is 3.68. The Morgan fingerprint density at radius 1 is 0.444 bits per heavy atom. The van der Waals surface area contributed by atoms with Crippen molar-refractivity contribution in [3.63, 3.8) is 0 Å². The Balaban J connectivity index is 1.29. The van der Waals surface area contributed by atoms with Crippen LogP contribution in [0.2, 0.25) is 0 Å². The van der Waals surface area contributed by atoms with Crippen LogP contribution in [0.4, 0.5) is 0 Å². The molecule has 8 aliphatic carbocycles. The zero-order valence-corrected chi connectivity index (χ0v) is 20.2. The van der Waals surface area contributed by atoms with Crippen molar-refractivity contribution in [2.45, 2.75) is 52.4 Å². The molecular formula is C32H22O4. The first-order valence-electron chi connectivity index (χ1n) is 12.7. The number of Topliss-reactive ketones (excluding diaryl/α,β-unsaturated/α-hetero) is 4. The maximum absolute atomic E-state index is 13.6. The van der Waals surface area contributed by atoms with Crippen LogP contribution in [0.5, 0.6) is 0 Å². The van der Waals surface area contributed by atoms with Gasteiger partial charge in [0.1, 0.15) is 0 Å². The molecule has 0 fully saturated rings. The third-order valence-electron chi connectivity index (χ3n) is 9.17. The maximum Gasteiger partial charge on any atom is 0.194 e. The summed E-state index contributed by atoms with van der Waals surface area (Å²) in [7, 11) is 0. The molecule has 0 heterocycles. The van der Waals surface area contributed by atoms with Crippen molar-refractivity contribution in [1.82, 2.24) is 0 Å². The van der Waals surface area contributed by atoms with Crippen LogP contribution in [0, 0.1) is 0 Å². The van der Waals surface area contributed by atoms with E-state index in [1.165, 1.54) is 5.57 Å². The normalized spacial score (nSPS) is 26.2. The summed E-state index contributed by atoms with van der Waals surface area (Å²) in [6, 6.07) is 0. The summed E-state index contributed by atoms with van der Waals surface area (Å²) in [4.78, 5) is 53.7. The fraction of sp³-hybridized carbons (Fsp3) is 0.250. The van der Waals surface area contributed by atoms with Gasteiger partial charge >= 0.3 is 0 Å². The highest BCUT2D eigenvalue weighted by Gasteiger charge is 2.47. The smallest absolute Gasteiger partial charge is 0.194 e. The van der Waals surface area contributed by atoms with Gasteiger partial charge in [0, 0.05) is 57.4 Å². The van der Waals surface area contributed by atoms with Crippen LogP contribution < -0.4 is 0 Å². The molecule has 0 saturated carbocycles. The molecule has 0 saturated heterocycles. The van der Waals surface area contributed by atoms with Crippen molar-refractivity contribution < 1.29 is 19.2 Å². The fourth-order valence-corrected chi connectivity index (χ4v) is 7.59. The molecule has 0 aliphatic heterocycles. The van der Waals surface area contributed by atoms with E-state index in [1.54, 1.807) is 12.2 Å². The first-order chi connectivity index (χ1) is 17.4. The van der Waals surface area contributed by atoms with E-state index in [0.717, 1.165) is 45.4 Å². The Kier molecular flexibility index (Phi) is 3.63. The first kappa shape index (κ1) is 20.3. The SMILES string of the molecule is CC1=C2CC3=C(C(=O)C4=C(CC=C4)C3=O)C2=C(C2=C3CC4=C(C(=O)C5=C(CC=C5)C4=O)C3=C(C)C2)C1. The van der Waals surface area contributed by atoms with Crippen LogP contribution in [0.1, 0.15) is 52.4 Å². The zero-order chi connectivity index (χ0) is 24.6. The highest BCUT2D eigenvalue weighted by molar-refractivity contribution is 6.31. The number of fused-ring (bicyclic) bond motifs is 4. The minimum Gasteiger partial charge on any atom is -0.289 e. The first-order valence-corrected chi connectivity index (χ1v) is 12.7. The fourth-order valence-electron chi connectivity index (χ4n) is 7.59. The van der Waals surface area contributed by atoms with Gasteiger partial charge in [-0.1, -0.05) is 35.5 Å². The minimum atomic E-state index is -0.0272. The molecule has 4 heteroatoms. The number of hydrogen-bond acceptors (Lipinski definition) is 4. The van der Waals surface area contributed by atoms with E-state index >= 15 is 0 Å². The van der Waals surface area contributed by atoms with Crippen LogP contribution in [0.25, 0.3) is 0 Å². The Morgan fingerprint density at radius 3 is 1.58 bits per heavy atom. The quantitative estimate of drug-likeness (QED) is 0.492. The molecule has 8 aliphatic rings. The van der Waals surface area contributed by atoms with Crippen LogP contribution in [-0.2, 0) is 19.2 Å². The molecule has 0 spiro atoms. The molecule has 174 valence electrons. The predicted molar refractivity (Wildman–Crippen MR) is 134 cm³/mol. The van der Waals surface area contributed by atoms with Gasteiger partial charge in [-0.05, 0) is 73.0 Å². The average molecular weight is 471 g/mol. The third-order valence-corrected chi connectivity index (χ3v) is 9.17. The molecule has 0 radical (unpaired) electrons. The second-order valence-electron chi connectivity index (χ2n) is 11.0. The molecule has 0 unspecified atom stereocenters. The molecule has 4 nitrogen and oxygen atoms in total. The number of carbonyl (C=O) groups excluding carboxylic acids is 4. The van der Waals surface area contributed by atoms with E-state index in [4.69, 9.17) is 0 Å². The standard InChI is InChI=1S/C32H22O4/c1-13-9-21(26-19(13)11-23-28(26)32(36)18-8-4-6-16(18)29(23)33)20-10-14(2)25-22(20)12-24-27(25)31(35)17-7-3-5-15(17)30(24)34/h3-4,7-8H,5-6,9-12H2,1-2H3. The van der Waals surface area contributed by atoms with Crippen LogP contribution >= 0.6 is 0 Å². The summed E-state index contributed by atoms with van der Waals surface area (Å²) < 4.78 is 0.